The second-order valence-electron chi connectivity index (χ2n) is 5.07. The van der Waals surface area contributed by atoms with Gasteiger partial charge in [0.2, 0.25) is 0 Å². The zero-order valence-corrected chi connectivity index (χ0v) is 12.5. The molecule has 0 aliphatic carbocycles. The van der Waals surface area contributed by atoms with Crippen LogP contribution in [0.5, 0.6) is 11.5 Å². The lowest BCUT2D eigenvalue weighted by Gasteiger charge is -2.13. The van der Waals surface area contributed by atoms with Crippen LogP contribution in [0.1, 0.15) is 19.4 Å². The quantitative estimate of drug-likeness (QED) is 0.862. The number of pyridine rings is 1. The van der Waals surface area contributed by atoms with Gasteiger partial charge in [-0.15, -0.1) is 0 Å². The molecule has 0 aliphatic rings. The SMILES string of the molecule is CC(C)CNCc1ccc(Cl)cc1Oc1cccnc1. The number of rotatable bonds is 6. The highest BCUT2D eigenvalue weighted by atomic mass is 35.5. The topological polar surface area (TPSA) is 34.1 Å². The van der Waals surface area contributed by atoms with Crippen LogP contribution in [0.15, 0.2) is 42.7 Å². The molecule has 1 aromatic heterocycles. The molecule has 0 spiro atoms. The molecule has 3 nitrogen and oxygen atoms in total. The summed E-state index contributed by atoms with van der Waals surface area (Å²) < 4.78 is 5.86. The Morgan fingerprint density at radius 2 is 2.15 bits per heavy atom. The summed E-state index contributed by atoms with van der Waals surface area (Å²) >= 11 is 6.05. The second kappa shape index (κ2) is 7.27. The summed E-state index contributed by atoms with van der Waals surface area (Å²) in [5.74, 6) is 2.09. The number of hydrogen-bond donors (Lipinski definition) is 1. The molecule has 0 unspecified atom stereocenters. The smallest absolute Gasteiger partial charge is 0.145 e. The molecule has 0 amide bonds. The molecule has 0 saturated heterocycles. The maximum atomic E-state index is 6.05. The van der Waals surface area contributed by atoms with E-state index < -0.39 is 0 Å². The molecule has 1 N–H and O–H groups in total. The molecule has 0 bridgehead atoms. The second-order valence-corrected chi connectivity index (χ2v) is 5.50. The van der Waals surface area contributed by atoms with Crippen LogP contribution in [0, 0.1) is 5.92 Å². The Kier molecular flexibility index (Phi) is 5.39. The molecule has 4 heteroatoms. The highest BCUT2D eigenvalue weighted by Gasteiger charge is 2.06. The Labute approximate surface area is 124 Å². The predicted octanol–water partition coefficient (Wildman–Crippen LogP) is 4.27. The van der Waals surface area contributed by atoms with Crippen LogP contribution in [0.25, 0.3) is 0 Å². The first kappa shape index (κ1) is 14.8. The van der Waals surface area contributed by atoms with Crippen LogP contribution in [-0.4, -0.2) is 11.5 Å². The van der Waals surface area contributed by atoms with Gasteiger partial charge in [0.05, 0.1) is 6.20 Å². The van der Waals surface area contributed by atoms with E-state index in [4.69, 9.17) is 16.3 Å². The van der Waals surface area contributed by atoms with Gasteiger partial charge in [0, 0.05) is 23.3 Å². The lowest BCUT2D eigenvalue weighted by molar-refractivity contribution is 0.467. The molecule has 106 valence electrons. The fraction of sp³-hybridized carbons (Fsp3) is 0.312. The fourth-order valence-corrected chi connectivity index (χ4v) is 1.96. The van der Waals surface area contributed by atoms with Crippen molar-refractivity contribution in [3.8, 4) is 11.5 Å². The van der Waals surface area contributed by atoms with E-state index in [1.165, 1.54) is 0 Å². The summed E-state index contributed by atoms with van der Waals surface area (Å²) in [7, 11) is 0. The number of ether oxygens (including phenoxy) is 1. The number of nitrogens with one attached hydrogen (secondary N) is 1. The first-order valence-corrected chi connectivity index (χ1v) is 7.10. The van der Waals surface area contributed by atoms with E-state index in [1.54, 1.807) is 12.4 Å². The first-order chi connectivity index (χ1) is 9.65. The van der Waals surface area contributed by atoms with Gasteiger partial charge in [-0.1, -0.05) is 31.5 Å². The predicted molar refractivity (Wildman–Crippen MR) is 82.3 cm³/mol. The van der Waals surface area contributed by atoms with E-state index in [0.717, 1.165) is 24.4 Å². The van der Waals surface area contributed by atoms with Gasteiger partial charge in [0.25, 0.3) is 0 Å². The Bertz CT molecular complexity index is 543. The zero-order chi connectivity index (χ0) is 14.4. The highest BCUT2D eigenvalue weighted by Crippen LogP contribution is 2.28. The lowest BCUT2D eigenvalue weighted by Crippen LogP contribution is -2.19. The largest absolute Gasteiger partial charge is 0.455 e. The van der Waals surface area contributed by atoms with Crippen LogP contribution < -0.4 is 10.1 Å². The summed E-state index contributed by atoms with van der Waals surface area (Å²) in [5.41, 5.74) is 1.08. The monoisotopic (exact) mass is 290 g/mol. The molecule has 2 aromatic rings. The van der Waals surface area contributed by atoms with Crippen molar-refractivity contribution in [3.63, 3.8) is 0 Å². The van der Waals surface area contributed by atoms with Gasteiger partial charge in [0.15, 0.2) is 0 Å². The van der Waals surface area contributed by atoms with Crippen molar-refractivity contribution >= 4 is 11.6 Å². The molecule has 0 aliphatic heterocycles. The van der Waals surface area contributed by atoms with E-state index in [9.17, 15) is 0 Å². The van der Waals surface area contributed by atoms with Crippen molar-refractivity contribution in [1.82, 2.24) is 10.3 Å². The molecule has 1 aromatic carbocycles. The lowest BCUT2D eigenvalue weighted by atomic mass is 10.2. The summed E-state index contributed by atoms with van der Waals surface area (Å²) in [5, 5.41) is 4.07. The Morgan fingerprint density at radius 3 is 2.85 bits per heavy atom. The first-order valence-electron chi connectivity index (χ1n) is 6.72. The number of nitrogens with zero attached hydrogens (tertiary/aromatic N) is 1. The molecular weight excluding hydrogens is 272 g/mol. The van der Waals surface area contributed by atoms with Gasteiger partial charge < -0.3 is 10.1 Å². The molecule has 2 rings (SSSR count). The van der Waals surface area contributed by atoms with E-state index in [0.29, 0.717) is 16.7 Å². The van der Waals surface area contributed by atoms with Crippen molar-refractivity contribution in [3.05, 3.63) is 53.3 Å². The van der Waals surface area contributed by atoms with Crippen LogP contribution in [0.3, 0.4) is 0 Å². The molecule has 1 heterocycles. The minimum Gasteiger partial charge on any atom is -0.455 e. The van der Waals surface area contributed by atoms with Gasteiger partial charge >= 0.3 is 0 Å². The molecule has 20 heavy (non-hydrogen) atoms. The third-order valence-electron chi connectivity index (χ3n) is 2.76. The number of halogens is 1. The van der Waals surface area contributed by atoms with Crippen molar-refractivity contribution in [2.45, 2.75) is 20.4 Å². The standard InChI is InChI=1S/C16H19ClN2O/c1-12(2)9-19-10-13-5-6-14(17)8-16(13)20-15-4-3-7-18-11-15/h3-8,11-12,19H,9-10H2,1-2H3. The van der Waals surface area contributed by atoms with Crippen molar-refractivity contribution in [2.24, 2.45) is 5.92 Å². The van der Waals surface area contributed by atoms with E-state index in [-0.39, 0.29) is 0 Å². The van der Waals surface area contributed by atoms with Gasteiger partial charge in [-0.3, -0.25) is 4.98 Å². The van der Waals surface area contributed by atoms with Crippen LogP contribution in [0.4, 0.5) is 0 Å². The van der Waals surface area contributed by atoms with E-state index in [2.05, 4.69) is 24.1 Å². The average molecular weight is 291 g/mol. The maximum Gasteiger partial charge on any atom is 0.145 e. The van der Waals surface area contributed by atoms with Gasteiger partial charge in [-0.25, -0.2) is 0 Å². The third-order valence-corrected chi connectivity index (χ3v) is 2.99. The average Bonchev–Trinajstić information content (AvgIpc) is 2.42. The molecule has 0 saturated carbocycles. The van der Waals surface area contributed by atoms with Crippen molar-refractivity contribution in [1.29, 1.82) is 0 Å². The molecule has 0 radical (unpaired) electrons. The van der Waals surface area contributed by atoms with Gasteiger partial charge in [-0.05, 0) is 36.7 Å². The molecule has 0 fully saturated rings. The third kappa shape index (κ3) is 4.51. The summed E-state index contributed by atoms with van der Waals surface area (Å²) in [4.78, 5) is 4.04. The number of benzene rings is 1. The van der Waals surface area contributed by atoms with E-state index >= 15 is 0 Å². The Morgan fingerprint density at radius 1 is 1.30 bits per heavy atom. The number of hydrogen-bond acceptors (Lipinski definition) is 3. The maximum absolute atomic E-state index is 6.05. The highest BCUT2D eigenvalue weighted by molar-refractivity contribution is 6.30. The Hall–Kier alpha value is -1.58. The van der Waals surface area contributed by atoms with Crippen LogP contribution in [-0.2, 0) is 6.54 Å². The zero-order valence-electron chi connectivity index (χ0n) is 11.8. The Balaban J connectivity index is 2.11. The molecule has 0 atom stereocenters. The van der Waals surface area contributed by atoms with Crippen LogP contribution in [0.2, 0.25) is 5.02 Å². The van der Waals surface area contributed by atoms with Crippen molar-refractivity contribution in [2.75, 3.05) is 6.54 Å². The van der Waals surface area contributed by atoms with Gasteiger partial charge in [0.1, 0.15) is 11.5 Å². The minimum absolute atomic E-state index is 0.616. The fourth-order valence-electron chi connectivity index (χ4n) is 1.80. The van der Waals surface area contributed by atoms with Crippen LogP contribution >= 0.6 is 11.6 Å². The van der Waals surface area contributed by atoms with E-state index in [1.807, 2.05) is 30.3 Å². The summed E-state index contributed by atoms with van der Waals surface area (Å²) in [6, 6.07) is 9.42. The summed E-state index contributed by atoms with van der Waals surface area (Å²) in [6.45, 7) is 6.09. The summed E-state index contributed by atoms with van der Waals surface area (Å²) in [6.07, 6.45) is 3.40. The number of aromatic nitrogens is 1. The normalized spacial score (nSPS) is 10.8. The van der Waals surface area contributed by atoms with Gasteiger partial charge in [-0.2, -0.15) is 0 Å². The minimum atomic E-state index is 0.616. The molecular formula is C16H19ClN2O. The van der Waals surface area contributed by atoms with Crippen molar-refractivity contribution < 1.29 is 4.74 Å².